The Labute approximate surface area is 149 Å². The highest BCUT2D eigenvalue weighted by molar-refractivity contribution is 5.98. The number of hydrogen-bond acceptors (Lipinski definition) is 4. The highest BCUT2D eigenvalue weighted by Gasteiger charge is 2.32. The maximum absolute atomic E-state index is 12.5. The van der Waals surface area contributed by atoms with Crippen molar-refractivity contribution >= 4 is 17.6 Å². The van der Waals surface area contributed by atoms with Crippen LogP contribution in [0.2, 0.25) is 0 Å². The van der Waals surface area contributed by atoms with Crippen LogP contribution in [0.1, 0.15) is 34.8 Å². The highest BCUT2D eigenvalue weighted by Crippen LogP contribution is 2.35. The Hall–Kier alpha value is -3.16. The van der Waals surface area contributed by atoms with Crippen LogP contribution in [0.3, 0.4) is 0 Å². The van der Waals surface area contributed by atoms with Gasteiger partial charge in [-0.3, -0.25) is 14.5 Å². The molecule has 2 aromatic rings. The van der Waals surface area contributed by atoms with Crippen molar-refractivity contribution in [2.45, 2.75) is 24.8 Å². The summed E-state index contributed by atoms with van der Waals surface area (Å²) in [7, 11) is 0. The molecule has 134 valence electrons. The van der Waals surface area contributed by atoms with E-state index in [1.54, 1.807) is 23.1 Å². The standard InChI is InChI=1S/C18H19N5O3/c24-16-9-15(20-10-21-16)12-6-13(7-12)22-17(25)11-2-1-3-14(8-11)23-5-4-19-18(23)26/h1-3,8-10,12-13H,4-7H2,(H,19,26)(H,22,25)(H,20,21,24). The molecule has 3 amide bonds. The Morgan fingerprint density at radius 2 is 2.08 bits per heavy atom. The first-order valence-electron chi connectivity index (χ1n) is 8.61. The number of benzene rings is 1. The summed E-state index contributed by atoms with van der Waals surface area (Å²) in [6.45, 7) is 1.20. The third kappa shape index (κ3) is 3.17. The number of aromatic nitrogens is 2. The van der Waals surface area contributed by atoms with E-state index in [0.717, 1.165) is 18.5 Å². The normalized spacial score (nSPS) is 21.8. The molecule has 0 unspecified atom stereocenters. The minimum Gasteiger partial charge on any atom is -0.349 e. The molecule has 8 heteroatoms. The SMILES string of the molecule is O=C(NC1CC(c2cc(=O)[nH]cn2)C1)c1cccc(N2CCNC2=O)c1. The zero-order valence-electron chi connectivity index (χ0n) is 14.1. The molecule has 1 saturated carbocycles. The molecule has 1 aromatic heterocycles. The molecule has 1 aliphatic carbocycles. The van der Waals surface area contributed by atoms with Crippen LogP contribution in [-0.2, 0) is 0 Å². The molecular weight excluding hydrogens is 334 g/mol. The lowest BCUT2D eigenvalue weighted by Crippen LogP contribution is -2.43. The lowest BCUT2D eigenvalue weighted by Gasteiger charge is -2.35. The summed E-state index contributed by atoms with van der Waals surface area (Å²) in [6, 6.07) is 8.49. The molecule has 4 rings (SSSR count). The van der Waals surface area contributed by atoms with Crippen LogP contribution in [0.25, 0.3) is 0 Å². The Morgan fingerprint density at radius 1 is 1.23 bits per heavy atom. The predicted octanol–water partition coefficient (Wildman–Crippen LogP) is 0.975. The number of nitrogens with one attached hydrogen (secondary N) is 3. The van der Waals surface area contributed by atoms with Crippen LogP contribution in [0.5, 0.6) is 0 Å². The highest BCUT2D eigenvalue weighted by atomic mass is 16.2. The van der Waals surface area contributed by atoms with E-state index in [-0.39, 0.29) is 29.5 Å². The number of rotatable bonds is 4. The molecule has 2 fully saturated rings. The van der Waals surface area contributed by atoms with E-state index in [2.05, 4.69) is 20.6 Å². The number of urea groups is 1. The van der Waals surface area contributed by atoms with Gasteiger partial charge in [-0.05, 0) is 31.0 Å². The number of hydrogen-bond donors (Lipinski definition) is 3. The fourth-order valence-electron chi connectivity index (χ4n) is 3.39. The fourth-order valence-corrected chi connectivity index (χ4v) is 3.39. The molecule has 2 heterocycles. The van der Waals surface area contributed by atoms with Gasteiger partial charge in [-0.2, -0.15) is 0 Å². The molecule has 0 spiro atoms. The average molecular weight is 353 g/mol. The Balaban J connectivity index is 1.37. The lowest BCUT2D eigenvalue weighted by molar-refractivity contribution is 0.0908. The lowest BCUT2D eigenvalue weighted by atomic mass is 9.78. The monoisotopic (exact) mass is 353 g/mol. The maximum Gasteiger partial charge on any atom is 0.321 e. The molecule has 8 nitrogen and oxygen atoms in total. The summed E-state index contributed by atoms with van der Waals surface area (Å²) in [6.07, 6.45) is 2.93. The van der Waals surface area contributed by atoms with Gasteiger partial charge in [0.05, 0.1) is 12.0 Å². The van der Waals surface area contributed by atoms with Gasteiger partial charge in [0.1, 0.15) is 0 Å². The van der Waals surface area contributed by atoms with Gasteiger partial charge in [-0.15, -0.1) is 0 Å². The van der Waals surface area contributed by atoms with Crippen molar-refractivity contribution in [3.63, 3.8) is 0 Å². The first-order valence-corrected chi connectivity index (χ1v) is 8.61. The first-order chi connectivity index (χ1) is 12.6. The second kappa shape index (κ2) is 6.62. The van der Waals surface area contributed by atoms with Crippen molar-refractivity contribution in [2.24, 2.45) is 0 Å². The van der Waals surface area contributed by atoms with Gasteiger partial charge in [0.15, 0.2) is 0 Å². The van der Waals surface area contributed by atoms with Crippen molar-refractivity contribution < 1.29 is 9.59 Å². The summed E-state index contributed by atoms with van der Waals surface area (Å²) < 4.78 is 0. The second-order valence-corrected chi connectivity index (χ2v) is 6.61. The topological polar surface area (TPSA) is 107 Å². The Kier molecular flexibility index (Phi) is 4.16. The van der Waals surface area contributed by atoms with Crippen molar-refractivity contribution in [1.82, 2.24) is 20.6 Å². The number of H-pyrrole nitrogens is 1. The molecule has 26 heavy (non-hydrogen) atoms. The van der Waals surface area contributed by atoms with Crippen LogP contribution in [0, 0.1) is 0 Å². The molecule has 2 aliphatic rings. The van der Waals surface area contributed by atoms with E-state index in [9.17, 15) is 14.4 Å². The van der Waals surface area contributed by atoms with Crippen LogP contribution in [-0.4, -0.2) is 41.0 Å². The minimum atomic E-state index is -0.162. The van der Waals surface area contributed by atoms with Gasteiger partial charge in [0, 0.05) is 42.4 Å². The van der Waals surface area contributed by atoms with Crippen LogP contribution >= 0.6 is 0 Å². The number of nitrogens with zero attached hydrogens (tertiary/aromatic N) is 2. The number of amides is 3. The number of carbonyl (C=O) groups excluding carboxylic acids is 2. The number of anilines is 1. The van der Waals surface area contributed by atoms with E-state index in [1.807, 2.05) is 6.07 Å². The van der Waals surface area contributed by atoms with Gasteiger partial charge in [0.25, 0.3) is 11.5 Å². The second-order valence-electron chi connectivity index (χ2n) is 6.61. The molecule has 0 atom stereocenters. The molecule has 0 radical (unpaired) electrons. The van der Waals surface area contributed by atoms with Crippen LogP contribution in [0.15, 0.2) is 41.5 Å². The smallest absolute Gasteiger partial charge is 0.321 e. The van der Waals surface area contributed by atoms with Gasteiger partial charge in [-0.25, -0.2) is 9.78 Å². The molecule has 1 aromatic carbocycles. The largest absolute Gasteiger partial charge is 0.349 e. The van der Waals surface area contributed by atoms with Gasteiger partial charge in [-0.1, -0.05) is 6.07 Å². The first kappa shape index (κ1) is 16.3. The fraction of sp³-hybridized carbons (Fsp3) is 0.333. The molecule has 1 aliphatic heterocycles. The molecule has 1 saturated heterocycles. The van der Waals surface area contributed by atoms with Crippen molar-refractivity contribution in [3.05, 3.63) is 58.3 Å². The summed E-state index contributed by atoms with van der Waals surface area (Å²) >= 11 is 0. The van der Waals surface area contributed by atoms with Crippen molar-refractivity contribution in [3.8, 4) is 0 Å². The maximum atomic E-state index is 12.5. The third-order valence-corrected chi connectivity index (χ3v) is 4.87. The molecule has 3 N–H and O–H groups in total. The van der Waals surface area contributed by atoms with Crippen LogP contribution < -0.4 is 21.1 Å². The van der Waals surface area contributed by atoms with E-state index in [4.69, 9.17) is 0 Å². The van der Waals surface area contributed by atoms with Gasteiger partial charge in [0.2, 0.25) is 0 Å². The quantitative estimate of drug-likeness (QED) is 0.761. The molecular formula is C18H19N5O3. The molecule has 0 bridgehead atoms. The predicted molar refractivity (Wildman–Crippen MR) is 95.3 cm³/mol. The van der Waals surface area contributed by atoms with Gasteiger partial charge >= 0.3 is 6.03 Å². The van der Waals surface area contributed by atoms with Crippen molar-refractivity contribution in [2.75, 3.05) is 18.0 Å². The Morgan fingerprint density at radius 3 is 2.81 bits per heavy atom. The summed E-state index contributed by atoms with van der Waals surface area (Å²) in [4.78, 5) is 43.9. The average Bonchev–Trinajstić information content (AvgIpc) is 3.03. The zero-order valence-corrected chi connectivity index (χ0v) is 14.1. The zero-order chi connectivity index (χ0) is 18.1. The summed E-state index contributed by atoms with van der Waals surface area (Å²) in [5.41, 5.74) is 1.85. The number of aromatic amines is 1. The van der Waals surface area contributed by atoms with Gasteiger partial charge < -0.3 is 15.6 Å². The van der Waals surface area contributed by atoms with Crippen LogP contribution in [0.4, 0.5) is 10.5 Å². The third-order valence-electron chi connectivity index (χ3n) is 4.87. The van der Waals surface area contributed by atoms with Crippen molar-refractivity contribution in [1.29, 1.82) is 0 Å². The van der Waals surface area contributed by atoms with E-state index in [1.165, 1.54) is 12.4 Å². The number of carbonyl (C=O) groups is 2. The minimum absolute atomic E-state index is 0.0623. The summed E-state index contributed by atoms with van der Waals surface area (Å²) in [5.74, 6) is 0.0380. The van der Waals surface area contributed by atoms with E-state index in [0.29, 0.717) is 24.3 Å². The van der Waals surface area contributed by atoms with E-state index < -0.39 is 0 Å². The summed E-state index contributed by atoms with van der Waals surface area (Å²) in [5, 5.41) is 5.75. The Bertz CT molecular complexity index is 903. The van der Waals surface area contributed by atoms with E-state index >= 15 is 0 Å².